The number of fused-ring (bicyclic) bond motifs is 3. The molecule has 3 fully saturated rings. The van der Waals surface area contributed by atoms with Gasteiger partial charge in [-0.3, -0.25) is 8.98 Å². The van der Waals surface area contributed by atoms with Crippen molar-refractivity contribution in [2.75, 3.05) is 26.3 Å². The molecule has 3 saturated carbocycles. The van der Waals surface area contributed by atoms with Crippen molar-refractivity contribution in [3.05, 3.63) is 0 Å². The fourth-order valence-electron chi connectivity index (χ4n) is 5.59. The van der Waals surface area contributed by atoms with Gasteiger partial charge in [0, 0.05) is 21.1 Å². The van der Waals surface area contributed by atoms with Gasteiger partial charge in [-0.1, -0.05) is 26.6 Å². The van der Waals surface area contributed by atoms with Crippen molar-refractivity contribution in [2.24, 2.45) is 22.7 Å². The lowest BCUT2D eigenvalue weighted by molar-refractivity contribution is -0.173. The van der Waals surface area contributed by atoms with Gasteiger partial charge < -0.3 is 9.47 Å². The van der Waals surface area contributed by atoms with Gasteiger partial charge in [-0.25, -0.2) is 0 Å². The van der Waals surface area contributed by atoms with Crippen molar-refractivity contribution in [1.29, 1.82) is 0 Å². The summed E-state index contributed by atoms with van der Waals surface area (Å²) in [5, 5.41) is 0. The fourth-order valence-corrected chi connectivity index (χ4v) is 6.76. The monoisotopic (exact) mass is 418 g/mol. The van der Waals surface area contributed by atoms with Crippen molar-refractivity contribution in [3.63, 3.8) is 0 Å². The highest BCUT2D eigenvalue weighted by molar-refractivity contribution is 7.85. The number of hydrogen-bond donors (Lipinski definition) is 0. The van der Waals surface area contributed by atoms with Crippen LogP contribution in [0.2, 0.25) is 25.7 Å². The van der Waals surface area contributed by atoms with E-state index in [0.29, 0.717) is 19.1 Å². The summed E-state index contributed by atoms with van der Waals surface area (Å²) in [7, 11) is -4.67. The fraction of sp³-hybridized carbons (Fsp3) is 0.947. The summed E-state index contributed by atoms with van der Waals surface area (Å²) in [5.41, 5.74) is -0.898. The van der Waals surface area contributed by atoms with Crippen LogP contribution in [-0.2, 0) is 28.6 Å². The van der Waals surface area contributed by atoms with Gasteiger partial charge in [0.1, 0.15) is 12.6 Å². The second-order valence-corrected chi connectivity index (χ2v) is 17.4. The molecular weight excluding hydrogens is 384 g/mol. The summed E-state index contributed by atoms with van der Waals surface area (Å²) in [5.74, 6) is 0.823. The summed E-state index contributed by atoms with van der Waals surface area (Å²) in [6.45, 7) is 10.1. The molecule has 156 valence electrons. The Morgan fingerprint density at radius 2 is 1.93 bits per heavy atom. The highest BCUT2D eigenvalue weighted by Crippen LogP contribution is 2.72. The SMILES string of the molecule is C[C@@]12CC(=O)[C@]1(COS(C)(=O)=O)C[C@H]1CC[C@H](OCOCC[Si](C)(C)C)[C@H]12. The third kappa shape index (κ3) is 4.06. The molecule has 0 aromatic heterocycles. The second kappa shape index (κ2) is 7.20. The molecule has 27 heavy (non-hydrogen) atoms. The molecule has 3 rings (SSSR count). The molecule has 0 aromatic carbocycles. The maximum atomic E-state index is 12.6. The Morgan fingerprint density at radius 1 is 1.22 bits per heavy atom. The first-order valence-corrected chi connectivity index (χ1v) is 15.5. The molecule has 6 nitrogen and oxygen atoms in total. The predicted molar refractivity (Wildman–Crippen MR) is 106 cm³/mol. The van der Waals surface area contributed by atoms with Crippen LogP contribution in [0.4, 0.5) is 0 Å². The van der Waals surface area contributed by atoms with Gasteiger partial charge in [0.05, 0.1) is 24.4 Å². The first-order valence-electron chi connectivity index (χ1n) is 9.95. The molecule has 0 N–H and O–H groups in total. The molecule has 0 spiro atoms. The number of hydrogen-bond acceptors (Lipinski definition) is 6. The van der Waals surface area contributed by atoms with E-state index in [1.165, 1.54) is 0 Å². The lowest BCUT2D eigenvalue weighted by atomic mass is 9.48. The zero-order valence-corrected chi connectivity index (χ0v) is 19.1. The van der Waals surface area contributed by atoms with Crippen LogP contribution in [0.25, 0.3) is 0 Å². The molecular formula is C19H34O6SSi. The predicted octanol–water partition coefficient (Wildman–Crippen LogP) is 3.06. The standard InChI is InChI=1S/C19H34O6SSi/c1-18-11-16(20)19(18,12-25-26(2,21)22)10-14-6-7-15(17(14)18)24-13-23-8-9-27(3,4)5/h14-15,17H,6-13H2,1-5H3/t14-,15+,17+,18+,19-/m1/s1. The molecule has 0 radical (unpaired) electrons. The van der Waals surface area contributed by atoms with E-state index in [2.05, 4.69) is 26.6 Å². The van der Waals surface area contributed by atoms with E-state index in [4.69, 9.17) is 13.7 Å². The van der Waals surface area contributed by atoms with Crippen molar-refractivity contribution < 1.29 is 26.9 Å². The third-order valence-electron chi connectivity index (χ3n) is 7.11. The molecule has 8 heteroatoms. The Balaban J connectivity index is 1.60. The van der Waals surface area contributed by atoms with Crippen LogP contribution in [0, 0.1) is 22.7 Å². The average Bonchev–Trinajstić information content (AvgIpc) is 2.99. The van der Waals surface area contributed by atoms with Gasteiger partial charge in [0.15, 0.2) is 0 Å². The molecule has 0 aliphatic heterocycles. The van der Waals surface area contributed by atoms with Crippen LogP contribution in [0.3, 0.4) is 0 Å². The Kier molecular flexibility index (Phi) is 5.71. The Hall–Kier alpha value is -0.283. The highest BCUT2D eigenvalue weighted by Gasteiger charge is 2.74. The molecule has 0 amide bonds. The van der Waals surface area contributed by atoms with E-state index < -0.39 is 23.6 Å². The third-order valence-corrected chi connectivity index (χ3v) is 9.36. The smallest absolute Gasteiger partial charge is 0.264 e. The zero-order valence-electron chi connectivity index (χ0n) is 17.2. The molecule has 0 bridgehead atoms. The molecule has 0 aromatic rings. The van der Waals surface area contributed by atoms with Gasteiger partial charge >= 0.3 is 0 Å². The summed E-state index contributed by atoms with van der Waals surface area (Å²) in [4.78, 5) is 12.6. The molecule has 5 atom stereocenters. The molecule has 3 aliphatic rings. The number of Topliss-reactive ketones (excluding diaryl/α,β-unsaturated/α-hetero) is 1. The minimum absolute atomic E-state index is 0.0202. The number of carbonyl (C=O) groups excluding carboxylic acids is 1. The molecule has 0 saturated heterocycles. The van der Waals surface area contributed by atoms with Crippen LogP contribution in [-0.4, -0.2) is 54.6 Å². The minimum atomic E-state index is -3.56. The van der Waals surface area contributed by atoms with Crippen LogP contribution in [0.1, 0.15) is 32.6 Å². The number of carbonyl (C=O) groups is 1. The Morgan fingerprint density at radius 3 is 2.52 bits per heavy atom. The van der Waals surface area contributed by atoms with E-state index >= 15 is 0 Å². The maximum absolute atomic E-state index is 12.6. The molecule has 0 unspecified atom stereocenters. The number of rotatable bonds is 9. The van der Waals surface area contributed by atoms with E-state index in [0.717, 1.165) is 38.2 Å². The Labute approximate surface area is 164 Å². The summed E-state index contributed by atoms with van der Waals surface area (Å²) < 4.78 is 39.9. The highest BCUT2D eigenvalue weighted by atomic mass is 32.2. The second-order valence-electron chi connectivity index (χ2n) is 10.2. The van der Waals surface area contributed by atoms with Crippen molar-refractivity contribution in [2.45, 2.75) is 64.4 Å². The topological polar surface area (TPSA) is 78.9 Å². The van der Waals surface area contributed by atoms with Crippen molar-refractivity contribution in [3.8, 4) is 0 Å². The Bertz CT molecular complexity index is 687. The van der Waals surface area contributed by atoms with Crippen LogP contribution in [0.15, 0.2) is 0 Å². The lowest BCUT2D eigenvalue weighted by Gasteiger charge is -2.54. The first kappa shape index (κ1) is 21.4. The summed E-state index contributed by atoms with van der Waals surface area (Å²) in [6.07, 6.45) is 4.35. The van der Waals surface area contributed by atoms with Gasteiger partial charge in [-0.2, -0.15) is 8.42 Å². The van der Waals surface area contributed by atoms with Crippen LogP contribution < -0.4 is 0 Å². The summed E-state index contributed by atoms with van der Waals surface area (Å²) >= 11 is 0. The van der Waals surface area contributed by atoms with Gasteiger partial charge in [-0.15, -0.1) is 0 Å². The van der Waals surface area contributed by atoms with Gasteiger partial charge in [-0.05, 0) is 42.6 Å². The largest absolute Gasteiger partial charge is 0.356 e. The first-order chi connectivity index (χ1) is 12.4. The van der Waals surface area contributed by atoms with Gasteiger partial charge in [0.25, 0.3) is 10.1 Å². The van der Waals surface area contributed by atoms with Crippen molar-refractivity contribution >= 4 is 24.0 Å². The minimum Gasteiger partial charge on any atom is -0.356 e. The number of ketones is 1. The average molecular weight is 419 g/mol. The van der Waals surface area contributed by atoms with E-state index in [-0.39, 0.29) is 29.8 Å². The number of ether oxygens (including phenoxy) is 2. The zero-order chi connectivity index (χ0) is 20.1. The van der Waals surface area contributed by atoms with Crippen LogP contribution in [0.5, 0.6) is 0 Å². The van der Waals surface area contributed by atoms with Crippen LogP contribution >= 0.6 is 0 Å². The van der Waals surface area contributed by atoms with E-state index in [9.17, 15) is 13.2 Å². The summed E-state index contributed by atoms with van der Waals surface area (Å²) in [6, 6.07) is 1.12. The molecule has 3 aliphatic carbocycles. The lowest BCUT2D eigenvalue weighted by Crippen LogP contribution is -2.60. The normalized spacial score (nSPS) is 38.6. The maximum Gasteiger partial charge on any atom is 0.264 e. The quantitative estimate of drug-likeness (QED) is 0.248. The van der Waals surface area contributed by atoms with E-state index in [1.54, 1.807) is 0 Å². The van der Waals surface area contributed by atoms with Crippen molar-refractivity contribution in [1.82, 2.24) is 0 Å². The van der Waals surface area contributed by atoms with Gasteiger partial charge in [0.2, 0.25) is 0 Å². The van der Waals surface area contributed by atoms with E-state index in [1.807, 2.05) is 0 Å². The molecule has 0 heterocycles.